The molecule has 2 rings (SSSR count). The van der Waals surface area contributed by atoms with Crippen LogP contribution in [0.3, 0.4) is 0 Å². The molecule has 1 aliphatic heterocycles. The fraction of sp³-hybridized carbons (Fsp3) is 1.00. The topological polar surface area (TPSA) is 18.5 Å². The molecule has 2 fully saturated rings. The van der Waals surface area contributed by atoms with E-state index in [1.165, 1.54) is 38.9 Å². The van der Waals surface area contributed by atoms with Gasteiger partial charge in [-0.3, -0.25) is 0 Å². The summed E-state index contributed by atoms with van der Waals surface area (Å²) in [5, 5.41) is 3.76. The molecule has 0 aromatic heterocycles. The van der Waals surface area contributed by atoms with Crippen LogP contribution in [0, 0.1) is 17.8 Å². The van der Waals surface area contributed by atoms with E-state index >= 15 is 0 Å². The smallest absolute Gasteiger partial charge is 0.0272 e. The van der Waals surface area contributed by atoms with Crippen molar-refractivity contribution >= 4 is 0 Å². The number of hydrogen-bond acceptors (Lipinski definition) is 3. The third kappa shape index (κ3) is 3.96. The molecule has 1 saturated heterocycles. The maximum atomic E-state index is 3.76. The zero-order valence-corrected chi connectivity index (χ0v) is 14.2. The maximum Gasteiger partial charge on any atom is 0.0272 e. The highest BCUT2D eigenvalue weighted by atomic mass is 15.2. The minimum Gasteiger partial charge on any atom is -0.313 e. The molecular formula is C17H35N3. The Morgan fingerprint density at radius 1 is 1.25 bits per heavy atom. The number of likely N-dealkylation sites (tertiary alicyclic amines) is 1. The first-order valence-electron chi connectivity index (χ1n) is 8.63. The monoisotopic (exact) mass is 281 g/mol. The van der Waals surface area contributed by atoms with Gasteiger partial charge in [-0.25, -0.2) is 0 Å². The van der Waals surface area contributed by atoms with Gasteiger partial charge in [0.15, 0.2) is 0 Å². The van der Waals surface area contributed by atoms with E-state index in [2.05, 4.69) is 50.0 Å². The van der Waals surface area contributed by atoms with Crippen molar-refractivity contribution < 1.29 is 0 Å². The largest absolute Gasteiger partial charge is 0.313 e. The summed E-state index contributed by atoms with van der Waals surface area (Å²) in [7, 11) is 4.62. The van der Waals surface area contributed by atoms with Crippen LogP contribution in [0.5, 0.6) is 0 Å². The molecule has 5 atom stereocenters. The molecule has 1 aliphatic carbocycles. The van der Waals surface area contributed by atoms with E-state index in [0.29, 0.717) is 6.04 Å². The minimum absolute atomic E-state index is 0.683. The second-order valence-corrected chi connectivity index (χ2v) is 7.57. The van der Waals surface area contributed by atoms with Gasteiger partial charge in [-0.05, 0) is 64.2 Å². The highest BCUT2D eigenvalue weighted by molar-refractivity contribution is 4.94. The van der Waals surface area contributed by atoms with Crippen LogP contribution < -0.4 is 5.32 Å². The predicted octanol–water partition coefficient (Wildman–Crippen LogP) is 2.28. The normalized spacial score (nSPS) is 39.6. The number of nitrogens with zero attached hydrogens (tertiary/aromatic N) is 2. The Kier molecular flexibility index (Phi) is 5.88. The maximum absolute atomic E-state index is 3.76. The Bertz CT molecular complexity index is 294. The summed E-state index contributed by atoms with van der Waals surface area (Å²) >= 11 is 0. The van der Waals surface area contributed by atoms with E-state index in [1.54, 1.807) is 0 Å². The van der Waals surface area contributed by atoms with Gasteiger partial charge in [0.2, 0.25) is 0 Å². The number of nitrogens with one attached hydrogen (secondary N) is 1. The molecule has 0 aromatic carbocycles. The van der Waals surface area contributed by atoms with Crippen LogP contribution in [0.4, 0.5) is 0 Å². The molecular weight excluding hydrogens is 246 g/mol. The molecule has 2 aliphatic rings. The highest BCUT2D eigenvalue weighted by Crippen LogP contribution is 2.32. The molecule has 118 valence electrons. The van der Waals surface area contributed by atoms with Crippen molar-refractivity contribution in [1.29, 1.82) is 0 Å². The van der Waals surface area contributed by atoms with Crippen molar-refractivity contribution in [2.24, 2.45) is 17.8 Å². The molecule has 3 heteroatoms. The Balaban J connectivity index is 1.95. The zero-order chi connectivity index (χ0) is 14.7. The Morgan fingerprint density at radius 3 is 2.60 bits per heavy atom. The van der Waals surface area contributed by atoms with Crippen LogP contribution in [0.2, 0.25) is 0 Å². The first-order chi connectivity index (χ1) is 9.51. The fourth-order valence-electron chi connectivity index (χ4n) is 4.75. The molecule has 0 amide bonds. The zero-order valence-electron chi connectivity index (χ0n) is 14.2. The van der Waals surface area contributed by atoms with E-state index in [4.69, 9.17) is 0 Å². The van der Waals surface area contributed by atoms with Crippen LogP contribution in [-0.2, 0) is 0 Å². The summed E-state index contributed by atoms with van der Waals surface area (Å²) in [5.74, 6) is 2.56. The molecule has 0 bridgehead atoms. The van der Waals surface area contributed by atoms with Gasteiger partial charge in [0, 0.05) is 25.2 Å². The van der Waals surface area contributed by atoms with Gasteiger partial charge in [0.05, 0.1) is 0 Å². The third-order valence-corrected chi connectivity index (χ3v) is 5.44. The second-order valence-electron chi connectivity index (χ2n) is 7.57. The summed E-state index contributed by atoms with van der Waals surface area (Å²) in [6.07, 6.45) is 4.11. The SMILES string of the molecule is CCNC1CC(C)CC(C)C1N(C)CC1CCN(C)C1. The van der Waals surface area contributed by atoms with Crippen molar-refractivity contribution in [2.75, 3.05) is 40.3 Å². The van der Waals surface area contributed by atoms with Crippen LogP contribution in [0.25, 0.3) is 0 Å². The lowest BCUT2D eigenvalue weighted by Crippen LogP contribution is -2.56. The minimum atomic E-state index is 0.683. The van der Waals surface area contributed by atoms with Crippen molar-refractivity contribution in [2.45, 2.75) is 52.1 Å². The van der Waals surface area contributed by atoms with Crippen LogP contribution >= 0.6 is 0 Å². The summed E-state index contributed by atoms with van der Waals surface area (Å²) in [6, 6.07) is 1.40. The number of likely N-dealkylation sites (N-methyl/N-ethyl adjacent to an activating group) is 2. The summed E-state index contributed by atoms with van der Waals surface area (Å²) in [6.45, 7) is 12.1. The third-order valence-electron chi connectivity index (χ3n) is 5.44. The summed E-state index contributed by atoms with van der Waals surface area (Å²) < 4.78 is 0. The van der Waals surface area contributed by atoms with E-state index in [0.717, 1.165) is 30.3 Å². The van der Waals surface area contributed by atoms with Gasteiger partial charge >= 0.3 is 0 Å². The predicted molar refractivity (Wildman–Crippen MR) is 87.0 cm³/mol. The lowest BCUT2D eigenvalue weighted by Gasteiger charge is -2.45. The highest BCUT2D eigenvalue weighted by Gasteiger charge is 2.36. The second kappa shape index (κ2) is 7.24. The van der Waals surface area contributed by atoms with E-state index < -0.39 is 0 Å². The average molecular weight is 281 g/mol. The van der Waals surface area contributed by atoms with Crippen molar-refractivity contribution in [3.63, 3.8) is 0 Å². The van der Waals surface area contributed by atoms with E-state index in [9.17, 15) is 0 Å². The van der Waals surface area contributed by atoms with Crippen molar-refractivity contribution in [1.82, 2.24) is 15.1 Å². The van der Waals surface area contributed by atoms with Gasteiger partial charge in [0.25, 0.3) is 0 Å². The van der Waals surface area contributed by atoms with Crippen LogP contribution in [0.1, 0.15) is 40.0 Å². The molecule has 20 heavy (non-hydrogen) atoms. The molecule has 3 nitrogen and oxygen atoms in total. The summed E-state index contributed by atoms with van der Waals surface area (Å²) in [4.78, 5) is 5.15. The van der Waals surface area contributed by atoms with Gasteiger partial charge in [0.1, 0.15) is 0 Å². The van der Waals surface area contributed by atoms with Crippen LogP contribution in [-0.4, -0.2) is 62.2 Å². The van der Waals surface area contributed by atoms with Crippen LogP contribution in [0.15, 0.2) is 0 Å². The Morgan fingerprint density at radius 2 is 2.00 bits per heavy atom. The van der Waals surface area contributed by atoms with Crippen molar-refractivity contribution in [3.05, 3.63) is 0 Å². The molecule has 0 aromatic rings. The van der Waals surface area contributed by atoms with Gasteiger partial charge in [-0.1, -0.05) is 20.8 Å². The number of rotatable bonds is 5. The molecule has 0 radical (unpaired) electrons. The van der Waals surface area contributed by atoms with Gasteiger partial charge in [-0.2, -0.15) is 0 Å². The lowest BCUT2D eigenvalue weighted by atomic mass is 9.75. The lowest BCUT2D eigenvalue weighted by molar-refractivity contribution is 0.0707. The molecule has 5 unspecified atom stereocenters. The number of hydrogen-bond donors (Lipinski definition) is 1. The average Bonchev–Trinajstić information content (AvgIpc) is 2.74. The first kappa shape index (κ1) is 16.3. The Labute approximate surface area is 126 Å². The van der Waals surface area contributed by atoms with Crippen molar-refractivity contribution in [3.8, 4) is 0 Å². The standard InChI is InChI=1S/C17H35N3/c1-6-18-16-10-13(2)9-14(3)17(16)20(5)12-15-7-8-19(4)11-15/h13-18H,6-12H2,1-5H3. The summed E-state index contributed by atoms with van der Waals surface area (Å²) in [5.41, 5.74) is 0. The van der Waals surface area contributed by atoms with E-state index in [-0.39, 0.29) is 0 Å². The first-order valence-corrected chi connectivity index (χ1v) is 8.63. The van der Waals surface area contributed by atoms with E-state index in [1.807, 2.05) is 0 Å². The quantitative estimate of drug-likeness (QED) is 0.834. The molecule has 1 N–H and O–H groups in total. The molecule has 0 spiro atoms. The molecule has 1 saturated carbocycles. The fourth-order valence-corrected chi connectivity index (χ4v) is 4.75. The van der Waals surface area contributed by atoms with Gasteiger partial charge in [-0.15, -0.1) is 0 Å². The Hall–Kier alpha value is -0.120. The van der Waals surface area contributed by atoms with Gasteiger partial charge < -0.3 is 15.1 Å². The molecule has 1 heterocycles.